The van der Waals surface area contributed by atoms with Crippen molar-refractivity contribution in [2.45, 2.75) is 89.4 Å². The fourth-order valence-electron chi connectivity index (χ4n) is 11.7. The fraction of sp³-hybridized carbons (Fsp3) is 0.250. The number of para-hydroxylation sites is 1. The molecule has 0 N–H and O–H groups in total. The summed E-state index contributed by atoms with van der Waals surface area (Å²) < 4.78 is 0. The van der Waals surface area contributed by atoms with Gasteiger partial charge in [-0.1, -0.05) is 137 Å². The van der Waals surface area contributed by atoms with Crippen molar-refractivity contribution in [2.24, 2.45) is 0 Å². The number of fused-ring (bicyclic) bond motifs is 12. The Hall–Kier alpha value is -5.66. The van der Waals surface area contributed by atoms with E-state index in [4.69, 9.17) is 0 Å². The molecule has 0 heterocycles. The molecule has 1 heteroatoms. The van der Waals surface area contributed by atoms with Gasteiger partial charge in [0.2, 0.25) is 0 Å². The summed E-state index contributed by atoms with van der Waals surface area (Å²) in [5.41, 5.74) is 24.4. The molecule has 4 aliphatic carbocycles. The quantitative estimate of drug-likeness (QED) is 0.174. The molecular weight excluding hydrogens is 687 g/mol. The summed E-state index contributed by atoms with van der Waals surface area (Å²) in [5.74, 6) is 0. The second kappa shape index (κ2) is 12.4. The van der Waals surface area contributed by atoms with E-state index in [1.54, 1.807) is 5.56 Å². The molecule has 0 fully saturated rings. The third-order valence-corrected chi connectivity index (χ3v) is 14.5. The third kappa shape index (κ3) is 4.87. The number of anilines is 3. The molecule has 7 aromatic carbocycles. The minimum atomic E-state index is -0.429. The van der Waals surface area contributed by atoms with E-state index in [9.17, 15) is 0 Å². The van der Waals surface area contributed by atoms with Gasteiger partial charge in [0.05, 0.1) is 11.1 Å². The Balaban J connectivity index is 1.28. The Morgan fingerprint density at radius 1 is 0.421 bits per heavy atom. The van der Waals surface area contributed by atoms with Crippen LogP contribution in [0.25, 0.3) is 33.4 Å². The van der Waals surface area contributed by atoms with Gasteiger partial charge in [0.25, 0.3) is 0 Å². The second-order valence-corrected chi connectivity index (χ2v) is 18.6. The standard InChI is InChI=1S/C56H51N/c1-36-41(29-30-50-53(36)55(4,5)32-31-54(50,2)3)46-34-45-44-23-13-16-26-49(44)56(47-24-14-11-21-42(47)43-22-12-15-25-48(43)56)51(45)35-52(46)57(39-19-7-6-8-20-39)40-28-27-37-17-9-10-18-38(37)33-40/h6-8,11-16,19-30,33-35H,9-10,17-18,31-32H2,1-5H3. The first-order valence-corrected chi connectivity index (χ1v) is 21.3. The first kappa shape index (κ1) is 34.6. The van der Waals surface area contributed by atoms with Crippen molar-refractivity contribution < 1.29 is 0 Å². The molecule has 0 aromatic heterocycles. The minimum absolute atomic E-state index is 0.0906. The molecule has 1 nitrogen and oxygen atoms in total. The van der Waals surface area contributed by atoms with Crippen LogP contribution >= 0.6 is 0 Å². The van der Waals surface area contributed by atoms with Gasteiger partial charge in [-0.15, -0.1) is 0 Å². The monoisotopic (exact) mass is 737 g/mol. The van der Waals surface area contributed by atoms with E-state index in [0.29, 0.717) is 0 Å². The lowest BCUT2D eigenvalue weighted by atomic mass is 9.61. The van der Waals surface area contributed by atoms with Crippen LogP contribution in [0.5, 0.6) is 0 Å². The zero-order chi connectivity index (χ0) is 38.7. The number of benzene rings is 7. The van der Waals surface area contributed by atoms with Crippen LogP contribution < -0.4 is 4.90 Å². The first-order chi connectivity index (χ1) is 27.7. The maximum Gasteiger partial charge on any atom is 0.0726 e. The van der Waals surface area contributed by atoms with Crippen molar-refractivity contribution in [2.75, 3.05) is 4.90 Å². The van der Waals surface area contributed by atoms with E-state index in [2.05, 4.69) is 185 Å². The fourth-order valence-corrected chi connectivity index (χ4v) is 11.7. The van der Waals surface area contributed by atoms with E-state index in [1.807, 2.05) is 0 Å². The summed E-state index contributed by atoms with van der Waals surface area (Å²) in [7, 11) is 0. The highest BCUT2D eigenvalue weighted by atomic mass is 15.1. The number of hydrogen-bond acceptors (Lipinski definition) is 1. The molecular formula is C56H51N. The van der Waals surface area contributed by atoms with Crippen molar-refractivity contribution >= 4 is 17.1 Å². The van der Waals surface area contributed by atoms with Gasteiger partial charge in [-0.25, -0.2) is 0 Å². The van der Waals surface area contributed by atoms with Crippen LogP contribution in [-0.2, 0) is 29.1 Å². The molecule has 0 bridgehead atoms. The Morgan fingerprint density at radius 3 is 1.67 bits per heavy atom. The molecule has 11 rings (SSSR count). The highest BCUT2D eigenvalue weighted by Gasteiger charge is 2.52. The molecule has 0 radical (unpaired) electrons. The molecule has 4 aliphatic rings. The van der Waals surface area contributed by atoms with Gasteiger partial charge in [0.1, 0.15) is 0 Å². The van der Waals surface area contributed by atoms with Crippen LogP contribution in [-0.4, -0.2) is 0 Å². The predicted molar refractivity (Wildman–Crippen MR) is 240 cm³/mol. The average Bonchev–Trinajstić information content (AvgIpc) is 3.69. The van der Waals surface area contributed by atoms with Crippen molar-refractivity contribution in [1.29, 1.82) is 0 Å². The van der Waals surface area contributed by atoms with Crippen molar-refractivity contribution in [3.8, 4) is 33.4 Å². The lowest BCUT2D eigenvalue weighted by Crippen LogP contribution is -2.34. The maximum absolute atomic E-state index is 2.62. The lowest BCUT2D eigenvalue weighted by Gasteiger charge is -2.43. The van der Waals surface area contributed by atoms with Gasteiger partial charge >= 0.3 is 0 Å². The third-order valence-electron chi connectivity index (χ3n) is 14.5. The Labute approximate surface area is 339 Å². The van der Waals surface area contributed by atoms with Gasteiger partial charge in [0.15, 0.2) is 0 Å². The van der Waals surface area contributed by atoms with Gasteiger partial charge in [0, 0.05) is 16.9 Å². The van der Waals surface area contributed by atoms with E-state index >= 15 is 0 Å². The van der Waals surface area contributed by atoms with Gasteiger partial charge < -0.3 is 4.90 Å². The molecule has 0 unspecified atom stereocenters. The summed E-state index contributed by atoms with van der Waals surface area (Å²) in [6.45, 7) is 12.3. The lowest BCUT2D eigenvalue weighted by molar-refractivity contribution is 0.330. The molecule has 280 valence electrons. The van der Waals surface area contributed by atoms with E-state index in [0.717, 1.165) is 6.42 Å². The second-order valence-electron chi connectivity index (χ2n) is 18.6. The average molecular weight is 738 g/mol. The Bertz CT molecular complexity index is 2720. The van der Waals surface area contributed by atoms with E-state index in [1.165, 1.54) is 127 Å². The highest BCUT2D eigenvalue weighted by Crippen LogP contribution is 2.64. The Kier molecular flexibility index (Phi) is 7.53. The molecule has 0 saturated carbocycles. The molecule has 0 atom stereocenters. The van der Waals surface area contributed by atoms with E-state index in [-0.39, 0.29) is 10.8 Å². The summed E-state index contributed by atoms with van der Waals surface area (Å²) in [5, 5.41) is 0. The molecule has 7 aromatic rings. The van der Waals surface area contributed by atoms with Gasteiger partial charge in [-0.05, 0) is 171 Å². The molecule has 0 aliphatic heterocycles. The summed E-state index contributed by atoms with van der Waals surface area (Å²) in [6, 6.07) is 56.2. The number of rotatable bonds is 4. The van der Waals surface area contributed by atoms with Crippen LogP contribution in [0.3, 0.4) is 0 Å². The summed E-state index contributed by atoms with van der Waals surface area (Å²) in [6.07, 6.45) is 7.24. The molecule has 0 saturated heterocycles. The highest BCUT2D eigenvalue weighted by molar-refractivity contribution is 6.00. The smallest absolute Gasteiger partial charge is 0.0726 e. The number of hydrogen-bond donors (Lipinski definition) is 0. The van der Waals surface area contributed by atoms with Crippen molar-refractivity contribution in [3.05, 3.63) is 196 Å². The topological polar surface area (TPSA) is 3.24 Å². The molecule has 1 spiro atoms. The van der Waals surface area contributed by atoms with E-state index < -0.39 is 5.41 Å². The largest absolute Gasteiger partial charge is 0.310 e. The Morgan fingerprint density at radius 2 is 1.00 bits per heavy atom. The SMILES string of the molecule is Cc1c(-c2cc3c(cc2N(c2ccccc2)c2ccc4c(c2)CCCC4)C2(c4ccccc4-c4ccccc42)c2ccccc2-3)ccc2c1C(C)(C)CCC2(C)C. The van der Waals surface area contributed by atoms with Crippen LogP contribution in [0.15, 0.2) is 146 Å². The zero-order valence-electron chi connectivity index (χ0n) is 34.0. The zero-order valence-corrected chi connectivity index (χ0v) is 34.0. The normalized spacial score (nSPS) is 17.2. The van der Waals surface area contributed by atoms with Crippen LogP contribution in [0, 0.1) is 6.92 Å². The van der Waals surface area contributed by atoms with Crippen LogP contribution in [0.1, 0.15) is 103 Å². The minimum Gasteiger partial charge on any atom is -0.310 e. The van der Waals surface area contributed by atoms with Crippen LogP contribution in [0.4, 0.5) is 17.1 Å². The van der Waals surface area contributed by atoms with Gasteiger partial charge in [-0.2, -0.15) is 0 Å². The van der Waals surface area contributed by atoms with Crippen molar-refractivity contribution in [1.82, 2.24) is 0 Å². The first-order valence-electron chi connectivity index (χ1n) is 21.3. The van der Waals surface area contributed by atoms with Gasteiger partial charge in [-0.3, -0.25) is 0 Å². The maximum atomic E-state index is 2.62. The molecule has 0 amide bonds. The van der Waals surface area contributed by atoms with Crippen LogP contribution in [0.2, 0.25) is 0 Å². The number of nitrogens with zero attached hydrogens (tertiary/aromatic N) is 1. The predicted octanol–water partition coefficient (Wildman–Crippen LogP) is 14.7. The molecule has 57 heavy (non-hydrogen) atoms. The van der Waals surface area contributed by atoms with Crippen molar-refractivity contribution in [3.63, 3.8) is 0 Å². The summed E-state index contributed by atoms with van der Waals surface area (Å²) in [4.78, 5) is 2.59. The number of aryl methyl sites for hydroxylation is 2. The summed E-state index contributed by atoms with van der Waals surface area (Å²) >= 11 is 0.